The first-order chi connectivity index (χ1) is 9.37. The van der Waals surface area contributed by atoms with Crippen LogP contribution in [0.2, 0.25) is 5.02 Å². The first kappa shape index (κ1) is 15.7. The molecule has 0 radical (unpaired) electrons. The third-order valence-corrected chi connectivity index (χ3v) is 6.06. The lowest BCUT2D eigenvalue weighted by molar-refractivity contribution is 0.102. The monoisotopic (exact) mass is 318 g/mol. The highest BCUT2D eigenvalue weighted by Gasteiger charge is 2.36. The molecule has 0 aromatic heterocycles. The molecule has 112 valence electrons. The fourth-order valence-electron chi connectivity index (χ4n) is 2.40. The van der Waals surface area contributed by atoms with Gasteiger partial charge in [-0.15, -0.1) is 0 Å². The van der Waals surface area contributed by atoms with Gasteiger partial charge < -0.3 is 10.5 Å². The third kappa shape index (κ3) is 2.84. The van der Waals surface area contributed by atoms with Gasteiger partial charge in [-0.25, -0.2) is 8.42 Å². The minimum absolute atomic E-state index is 0.101. The number of ether oxygens (including phenoxy) is 1. The summed E-state index contributed by atoms with van der Waals surface area (Å²) in [7, 11) is -2.09. The summed E-state index contributed by atoms with van der Waals surface area (Å²) in [5.41, 5.74) is 6.29. The summed E-state index contributed by atoms with van der Waals surface area (Å²) in [6.07, 6.45) is 0.566. The highest BCUT2D eigenvalue weighted by atomic mass is 35.5. The minimum atomic E-state index is -3.65. The summed E-state index contributed by atoms with van der Waals surface area (Å²) in [5.74, 6) is 0. The van der Waals surface area contributed by atoms with Crippen molar-refractivity contribution in [2.75, 3.05) is 13.7 Å². The van der Waals surface area contributed by atoms with Gasteiger partial charge in [-0.3, -0.25) is 0 Å². The van der Waals surface area contributed by atoms with Crippen molar-refractivity contribution in [2.24, 2.45) is 5.73 Å². The zero-order valence-electron chi connectivity index (χ0n) is 11.5. The van der Waals surface area contributed by atoms with Crippen LogP contribution in [0.5, 0.6) is 0 Å². The molecule has 1 aromatic carbocycles. The van der Waals surface area contributed by atoms with E-state index in [1.54, 1.807) is 19.2 Å². The molecule has 1 aliphatic rings. The predicted molar refractivity (Wildman–Crippen MR) is 78.1 cm³/mol. The molecule has 0 amide bonds. The third-order valence-electron chi connectivity index (χ3n) is 3.69. The Bertz CT molecular complexity index is 591. The summed E-state index contributed by atoms with van der Waals surface area (Å²) >= 11 is 6.05. The van der Waals surface area contributed by atoms with Gasteiger partial charge in [-0.2, -0.15) is 4.31 Å². The van der Waals surface area contributed by atoms with Crippen molar-refractivity contribution < 1.29 is 13.2 Å². The van der Waals surface area contributed by atoms with E-state index >= 15 is 0 Å². The topological polar surface area (TPSA) is 72.6 Å². The minimum Gasteiger partial charge on any atom is -0.377 e. The maximum absolute atomic E-state index is 12.7. The van der Waals surface area contributed by atoms with Crippen molar-refractivity contribution in [3.8, 4) is 0 Å². The number of rotatable bonds is 4. The van der Waals surface area contributed by atoms with Gasteiger partial charge in [-0.05, 0) is 31.0 Å². The average Bonchev–Trinajstić information content (AvgIpc) is 2.84. The number of hydrogen-bond donors (Lipinski definition) is 1. The predicted octanol–water partition coefficient (Wildman–Crippen LogP) is 1.60. The number of likely N-dealkylation sites (N-methyl/N-ethyl adjacent to an activating group) is 1. The van der Waals surface area contributed by atoms with Gasteiger partial charge in [0, 0.05) is 20.2 Å². The number of sulfonamides is 1. The molecule has 7 heteroatoms. The SMILES string of the molecule is CC1OCCC1N(C)S(=O)(=O)c1cc(CN)ccc1Cl. The number of nitrogens with zero attached hydrogens (tertiary/aromatic N) is 1. The quantitative estimate of drug-likeness (QED) is 0.915. The molecule has 0 spiro atoms. The molecule has 2 unspecified atom stereocenters. The van der Waals surface area contributed by atoms with Crippen molar-refractivity contribution >= 4 is 21.6 Å². The van der Waals surface area contributed by atoms with Crippen LogP contribution in [0.1, 0.15) is 18.9 Å². The van der Waals surface area contributed by atoms with E-state index in [9.17, 15) is 8.42 Å². The van der Waals surface area contributed by atoms with Gasteiger partial charge in [0.1, 0.15) is 4.90 Å². The molecule has 0 bridgehead atoms. The Morgan fingerprint density at radius 2 is 2.20 bits per heavy atom. The molecule has 2 rings (SSSR count). The van der Waals surface area contributed by atoms with Crippen LogP contribution in [-0.2, 0) is 21.3 Å². The Labute approximate surface area is 124 Å². The molecule has 0 aliphatic carbocycles. The summed E-state index contributed by atoms with van der Waals surface area (Å²) in [5, 5.41) is 0.209. The molecular formula is C13H19ClN2O3S. The molecule has 1 aromatic rings. The molecule has 1 aliphatic heterocycles. The van der Waals surface area contributed by atoms with E-state index in [-0.39, 0.29) is 28.6 Å². The summed E-state index contributed by atoms with van der Waals surface area (Å²) in [6.45, 7) is 2.72. The van der Waals surface area contributed by atoms with Crippen LogP contribution < -0.4 is 5.73 Å². The molecule has 2 N–H and O–H groups in total. The van der Waals surface area contributed by atoms with Crippen LogP contribution in [0.4, 0.5) is 0 Å². The number of nitrogens with two attached hydrogens (primary N) is 1. The van der Waals surface area contributed by atoms with Gasteiger partial charge in [0.25, 0.3) is 0 Å². The molecule has 5 nitrogen and oxygen atoms in total. The second kappa shape index (κ2) is 5.99. The molecular weight excluding hydrogens is 300 g/mol. The second-order valence-electron chi connectivity index (χ2n) is 4.92. The van der Waals surface area contributed by atoms with E-state index in [2.05, 4.69) is 0 Å². The van der Waals surface area contributed by atoms with Crippen molar-refractivity contribution in [3.05, 3.63) is 28.8 Å². The van der Waals surface area contributed by atoms with Crippen molar-refractivity contribution in [1.29, 1.82) is 0 Å². The lowest BCUT2D eigenvalue weighted by Crippen LogP contribution is -2.41. The van der Waals surface area contributed by atoms with E-state index < -0.39 is 10.0 Å². The Balaban J connectivity index is 2.39. The zero-order valence-corrected chi connectivity index (χ0v) is 13.1. The molecule has 20 heavy (non-hydrogen) atoms. The van der Waals surface area contributed by atoms with Gasteiger partial charge >= 0.3 is 0 Å². The normalized spacial score (nSPS) is 23.4. The Hall–Kier alpha value is -0.660. The number of hydrogen-bond acceptors (Lipinski definition) is 4. The summed E-state index contributed by atoms with van der Waals surface area (Å²) < 4.78 is 32.2. The number of halogens is 1. The van der Waals surface area contributed by atoms with Crippen molar-refractivity contribution in [2.45, 2.75) is 36.9 Å². The van der Waals surface area contributed by atoms with Gasteiger partial charge in [-0.1, -0.05) is 17.7 Å². The smallest absolute Gasteiger partial charge is 0.244 e. The van der Waals surface area contributed by atoms with E-state index in [4.69, 9.17) is 22.1 Å². The largest absolute Gasteiger partial charge is 0.377 e. The zero-order chi connectivity index (χ0) is 14.9. The second-order valence-corrected chi connectivity index (χ2v) is 7.30. The van der Waals surface area contributed by atoms with Gasteiger partial charge in [0.2, 0.25) is 10.0 Å². The maximum atomic E-state index is 12.7. The van der Waals surface area contributed by atoms with Gasteiger partial charge in [0.05, 0.1) is 17.2 Å². The summed E-state index contributed by atoms with van der Waals surface area (Å²) in [6, 6.07) is 4.66. The van der Waals surface area contributed by atoms with Crippen LogP contribution in [0.15, 0.2) is 23.1 Å². The highest BCUT2D eigenvalue weighted by Crippen LogP contribution is 2.29. The summed E-state index contributed by atoms with van der Waals surface area (Å²) in [4.78, 5) is 0.101. The van der Waals surface area contributed by atoms with E-state index in [1.807, 2.05) is 6.92 Å². The standard InChI is InChI=1S/C13H19ClN2O3S/c1-9-12(5-6-19-9)16(2)20(17,18)13-7-10(8-15)3-4-11(13)14/h3-4,7,9,12H,5-6,8,15H2,1-2H3. The fraction of sp³-hybridized carbons (Fsp3) is 0.538. The number of benzene rings is 1. The molecule has 1 fully saturated rings. The Morgan fingerprint density at radius 3 is 2.75 bits per heavy atom. The molecule has 1 heterocycles. The molecule has 2 atom stereocenters. The van der Waals surface area contributed by atoms with Crippen LogP contribution in [0.25, 0.3) is 0 Å². The maximum Gasteiger partial charge on any atom is 0.244 e. The van der Waals surface area contributed by atoms with Crippen LogP contribution >= 0.6 is 11.6 Å². The average molecular weight is 319 g/mol. The van der Waals surface area contributed by atoms with Crippen LogP contribution in [0.3, 0.4) is 0 Å². The first-order valence-electron chi connectivity index (χ1n) is 6.46. The highest BCUT2D eigenvalue weighted by molar-refractivity contribution is 7.89. The molecule has 1 saturated heterocycles. The van der Waals surface area contributed by atoms with Crippen LogP contribution in [-0.4, -0.2) is 38.5 Å². The molecule has 0 saturated carbocycles. The van der Waals surface area contributed by atoms with Crippen LogP contribution in [0, 0.1) is 0 Å². The Kier molecular flexibility index (Phi) is 4.71. The lowest BCUT2D eigenvalue weighted by atomic mass is 10.2. The van der Waals surface area contributed by atoms with Gasteiger partial charge in [0.15, 0.2) is 0 Å². The van der Waals surface area contributed by atoms with E-state index in [0.29, 0.717) is 13.0 Å². The Morgan fingerprint density at radius 1 is 1.50 bits per heavy atom. The van der Waals surface area contributed by atoms with Crippen molar-refractivity contribution in [1.82, 2.24) is 4.31 Å². The lowest BCUT2D eigenvalue weighted by Gasteiger charge is -2.26. The van der Waals surface area contributed by atoms with Crippen molar-refractivity contribution in [3.63, 3.8) is 0 Å². The van der Waals surface area contributed by atoms with E-state index in [0.717, 1.165) is 5.56 Å². The van der Waals surface area contributed by atoms with E-state index in [1.165, 1.54) is 10.4 Å². The fourth-order valence-corrected chi connectivity index (χ4v) is 4.37. The first-order valence-corrected chi connectivity index (χ1v) is 8.28.